The average Bonchev–Trinajstić information content (AvgIpc) is 2.34. The average molecular weight is 277 g/mol. The van der Waals surface area contributed by atoms with Gasteiger partial charge in [0.2, 0.25) is 0 Å². The van der Waals surface area contributed by atoms with Gasteiger partial charge in [0.05, 0.1) is 17.8 Å². The van der Waals surface area contributed by atoms with Crippen LogP contribution in [0.25, 0.3) is 0 Å². The van der Waals surface area contributed by atoms with Crippen LogP contribution in [-0.4, -0.2) is 28.1 Å². The molecule has 1 aromatic rings. The van der Waals surface area contributed by atoms with Crippen molar-refractivity contribution in [1.82, 2.24) is 15.6 Å². The van der Waals surface area contributed by atoms with Gasteiger partial charge in [0, 0.05) is 12.2 Å². The van der Waals surface area contributed by atoms with Crippen LogP contribution in [0.5, 0.6) is 0 Å². The highest BCUT2D eigenvalue weighted by atomic mass is 16.4. The van der Waals surface area contributed by atoms with Crippen molar-refractivity contribution < 1.29 is 14.7 Å². The van der Waals surface area contributed by atoms with Crippen LogP contribution >= 0.6 is 0 Å². The van der Waals surface area contributed by atoms with Crippen molar-refractivity contribution in [3.05, 3.63) is 29.6 Å². The molecule has 2 amide bonds. The normalized spacial score (nSPS) is 16.1. The van der Waals surface area contributed by atoms with E-state index in [1.165, 1.54) is 37.6 Å². The van der Waals surface area contributed by atoms with Crippen LogP contribution in [0.1, 0.15) is 42.2 Å². The Kier molecular flexibility index (Phi) is 4.55. The molecule has 1 heterocycles. The molecule has 1 aliphatic rings. The van der Waals surface area contributed by atoms with E-state index >= 15 is 0 Å². The van der Waals surface area contributed by atoms with Crippen LogP contribution in [0.15, 0.2) is 18.3 Å². The van der Waals surface area contributed by atoms with Crippen LogP contribution in [0.3, 0.4) is 0 Å². The monoisotopic (exact) mass is 277 g/mol. The van der Waals surface area contributed by atoms with Crippen molar-refractivity contribution in [2.45, 2.75) is 38.8 Å². The Balaban J connectivity index is 1.80. The number of amides is 2. The molecule has 0 saturated heterocycles. The first-order chi connectivity index (χ1) is 9.56. The minimum Gasteiger partial charge on any atom is -0.478 e. The number of nitrogens with one attached hydrogen (secondary N) is 2. The van der Waals surface area contributed by atoms with E-state index in [0.717, 1.165) is 0 Å². The summed E-state index contributed by atoms with van der Waals surface area (Å²) in [6, 6.07) is 2.80. The summed E-state index contributed by atoms with van der Waals surface area (Å²) in [6.45, 7) is 2.22. The third kappa shape index (κ3) is 3.69. The molecule has 0 aliphatic heterocycles. The third-order valence-electron chi connectivity index (χ3n) is 3.71. The zero-order chi connectivity index (χ0) is 14.5. The van der Waals surface area contributed by atoms with Crippen LogP contribution < -0.4 is 10.6 Å². The predicted octanol–water partition coefficient (Wildman–Crippen LogP) is 1.77. The fourth-order valence-electron chi connectivity index (χ4n) is 2.19. The van der Waals surface area contributed by atoms with E-state index < -0.39 is 5.97 Å². The Morgan fingerprint density at radius 1 is 1.50 bits per heavy atom. The molecule has 6 heteroatoms. The number of rotatable bonds is 5. The number of carboxylic acids is 1. The molecule has 0 spiro atoms. The van der Waals surface area contributed by atoms with Gasteiger partial charge in [-0.2, -0.15) is 0 Å². The first kappa shape index (κ1) is 14.3. The number of hydrogen-bond acceptors (Lipinski definition) is 3. The van der Waals surface area contributed by atoms with E-state index in [0.29, 0.717) is 11.6 Å². The standard InChI is InChI=1S/C14H19N3O3/c1-9(10-3-2-4-10)17-14(20)16-8-12-7-11(13(18)19)5-6-15-12/h5-7,9-10H,2-4,8H2,1H3,(H,18,19)(H2,16,17,20). The van der Waals surface area contributed by atoms with Crippen molar-refractivity contribution in [3.63, 3.8) is 0 Å². The molecular formula is C14H19N3O3. The molecule has 20 heavy (non-hydrogen) atoms. The molecule has 3 N–H and O–H groups in total. The first-order valence-electron chi connectivity index (χ1n) is 6.79. The summed E-state index contributed by atoms with van der Waals surface area (Å²) in [5, 5.41) is 14.5. The topological polar surface area (TPSA) is 91.3 Å². The second-order valence-electron chi connectivity index (χ2n) is 5.15. The van der Waals surface area contributed by atoms with Gasteiger partial charge in [0.15, 0.2) is 0 Å². The van der Waals surface area contributed by atoms with Gasteiger partial charge in [-0.3, -0.25) is 4.98 Å². The summed E-state index contributed by atoms with van der Waals surface area (Å²) >= 11 is 0. The molecule has 1 saturated carbocycles. The van der Waals surface area contributed by atoms with E-state index in [1.54, 1.807) is 0 Å². The number of pyridine rings is 1. The van der Waals surface area contributed by atoms with E-state index in [2.05, 4.69) is 15.6 Å². The summed E-state index contributed by atoms with van der Waals surface area (Å²) in [7, 11) is 0. The lowest BCUT2D eigenvalue weighted by Gasteiger charge is -2.31. The number of aromatic nitrogens is 1. The van der Waals surface area contributed by atoms with E-state index in [1.807, 2.05) is 6.92 Å². The molecule has 0 bridgehead atoms. The summed E-state index contributed by atoms with van der Waals surface area (Å²) in [4.78, 5) is 26.6. The van der Waals surface area contributed by atoms with Crippen molar-refractivity contribution >= 4 is 12.0 Å². The Morgan fingerprint density at radius 3 is 2.85 bits per heavy atom. The summed E-state index contributed by atoms with van der Waals surface area (Å²) in [5.74, 6) is -0.425. The van der Waals surface area contributed by atoms with Gasteiger partial charge in [0.1, 0.15) is 0 Å². The number of carbonyl (C=O) groups excluding carboxylic acids is 1. The molecule has 1 atom stereocenters. The minimum absolute atomic E-state index is 0.167. The lowest BCUT2D eigenvalue weighted by Crippen LogP contribution is -2.45. The summed E-state index contributed by atoms with van der Waals surface area (Å²) in [6.07, 6.45) is 5.01. The maximum atomic E-state index is 11.7. The third-order valence-corrected chi connectivity index (χ3v) is 3.71. The van der Waals surface area contributed by atoms with Crippen LogP contribution in [-0.2, 0) is 6.54 Å². The lowest BCUT2D eigenvalue weighted by atomic mass is 9.80. The maximum absolute atomic E-state index is 11.7. The zero-order valence-corrected chi connectivity index (χ0v) is 11.4. The molecule has 1 unspecified atom stereocenters. The fraction of sp³-hybridized carbons (Fsp3) is 0.500. The molecule has 6 nitrogen and oxygen atoms in total. The predicted molar refractivity (Wildman–Crippen MR) is 73.4 cm³/mol. The van der Waals surface area contributed by atoms with Crippen molar-refractivity contribution in [2.24, 2.45) is 5.92 Å². The van der Waals surface area contributed by atoms with Crippen LogP contribution in [0, 0.1) is 5.92 Å². The Bertz CT molecular complexity index is 500. The van der Waals surface area contributed by atoms with Crippen molar-refractivity contribution in [1.29, 1.82) is 0 Å². The number of carbonyl (C=O) groups is 2. The minimum atomic E-state index is -1.00. The SMILES string of the molecule is CC(NC(=O)NCc1cc(C(=O)O)ccn1)C1CCC1. The molecule has 1 fully saturated rings. The second-order valence-corrected chi connectivity index (χ2v) is 5.15. The summed E-state index contributed by atoms with van der Waals surface area (Å²) in [5.41, 5.74) is 0.691. The van der Waals surface area contributed by atoms with Gasteiger partial charge in [-0.1, -0.05) is 6.42 Å². The molecule has 108 valence electrons. The van der Waals surface area contributed by atoms with Crippen LogP contribution in [0.2, 0.25) is 0 Å². The van der Waals surface area contributed by atoms with Crippen molar-refractivity contribution in [3.8, 4) is 0 Å². The Labute approximate surface area is 117 Å². The lowest BCUT2D eigenvalue weighted by molar-refractivity contribution is 0.0696. The summed E-state index contributed by atoms with van der Waals surface area (Å²) < 4.78 is 0. The zero-order valence-electron chi connectivity index (χ0n) is 11.4. The van der Waals surface area contributed by atoms with Gasteiger partial charge >= 0.3 is 12.0 Å². The molecule has 1 aromatic heterocycles. The van der Waals surface area contributed by atoms with Crippen molar-refractivity contribution in [2.75, 3.05) is 0 Å². The molecular weight excluding hydrogens is 258 g/mol. The smallest absolute Gasteiger partial charge is 0.335 e. The Hall–Kier alpha value is -2.11. The van der Waals surface area contributed by atoms with Gasteiger partial charge in [0.25, 0.3) is 0 Å². The number of nitrogens with zero attached hydrogens (tertiary/aromatic N) is 1. The first-order valence-corrected chi connectivity index (χ1v) is 6.79. The van der Waals surface area contributed by atoms with E-state index in [-0.39, 0.29) is 24.2 Å². The molecule has 0 aromatic carbocycles. The Morgan fingerprint density at radius 2 is 2.25 bits per heavy atom. The fourth-order valence-corrected chi connectivity index (χ4v) is 2.19. The van der Waals surface area contributed by atoms with E-state index in [9.17, 15) is 9.59 Å². The molecule has 2 rings (SSSR count). The van der Waals surface area contributed by atoms with E-state index in [4.69, 9.17) is 5.11 Å². The van der Waals surface area contributed by atoms with Gasteiger partial charge in [-0.25, -0.2) is 9.59 Å². The number of carboxylic acid groups (broad SMARTS) is 1. The maximum Gasteiger partial charge on any atom is 0.335 e. The number of hydrogen-bond donors (Lipinski definition) is 3. The highest BCUT2D eigenvalue weighted by molar-refractivity contribution is 5.87. The highest BCUT2D eigenvalue weighted by Gasteiger charge is 2.24. The second kappa shape index (κ2) is 6.36. The number of aromatic carboxylic acids is 1. The number of urea groups is 1. The van der Waals surface area contributed by atoms with Crippen LogP contribution in [0.4, 0.5) is 4.79 Å². The quantitative estimate of drug-likeness (QED) is 0.765. The highest BCUT2D eigenvalue weighted by Crippen LogP contribution is 2.29. The molecule has 1 aliphatic carbocycles. The van der Waals surface area contributed by atoms with Gasteiger partial charge in [-0.05, 0) is 37.8 Å². The van der Waals surface area contributed by atoms with Gasteiger partial charge in [-0.15, -0.1) is 0 Å². The van der Waals surface area contributed by atoms with Gasteiger partial charge < -0.3 is 15.7 Å². The molecule has 0 radical (unpaired) electrons. The largest absolute Gasteiger partial charge is 0.478 e.